The summed E-state index contributed by atoms with van der Waals surface area (Å²) in [4.78, 5) is 0. The first-order valence-electron chi connectivity index (χ1n) is 2.90. The van der Waals surface area contributed by atoms with Crippen LogP contribution in [0.3, 0.4) is 0 Å². The number of hydrogen-bond acceptors (Lipinski definition) is 4. The molecule has 5 heteroatoms. The third-order valence-electron chi connectivity index (χ3n) is 1.41. The average Bonchev–Trinajstić information content (AvgIpc) is 1.97. The molecule has 0 aliphatic heterocycles. The fourth-order valence-electron chi connectivity index (χ4n) is 0.708. The van der Waals surface area contributed by atoms with Gasteiger partial charge in [0.2, 0.25) is 0 Å². The predicted molar refractivity (Wildman–Crippen MR) is 43.7 cm³/mol. The Kier molecular flexibility index (Phi) is 1.84. The molecule has 0 bridgehead atoms. The van der Waals surface area contributed by atoms with Gasteiger partial charge >= 0.3 is 72.0 Å². The zero-order chi connectivity index (χ0) is 8.59. The van der Waals surface area contributed by atoms with Crippen molar-refractivity contribution in [3.8, 4) is 0 Å². The van der Waals surface area contributed by atoms with E-state index in [0.29, 0.717) is 27.2 Å². The van der Waals surface area contributed by atoms with Gasteiger partial charge in [0.15, 0.2) is 0 Å². The normalized spacial score (nSPS) is 10.0. The minimum absolute atomic E-state index is 0.299. The Hall–Kier alpha value is -1.07. The van der Waals surface area contributed by atoms with Gasteiger partial charge in [0.05, 0.1) is 0 Å². The van der Waals surface area contributed by atoms with E-state index < -0.39 is 0 Å². The molecule has 0 saturated heterocycles. The van der Waals surface area contributed by atoms with Gasteiger partial charge in [0.25, 0.3) is 0 Å². The van der Waals surface area contributed by atoms with E-state index in [1.807, 2.05) is 0 Å². The van der Waals surface area contributed by atoms with Crippen LogP contribution in [0.25, 0.3) is 0 Å². The molecule has 0 unspecified atom stereocenters. The average molecular weight is 196 g/mol. The van der Waals surface area contributed by atoms with E-state index in [2.05, 4.69) is 15.7 Å². The molecule has 0 saturated carbocycles. The SMILES string of the molecule is Nc1c[c]([Co])c(N)c(N)c1N. The van der Waals surface area contributed by atoms with Crippen LogP contribution in [0.1, 0.15) is 0 Å². The van der Waals surface area contributed by atoms with Crippen LogP contribution in [0.2, 0.25) is 0 Å². The van der Waals surface area contributed by atoms with Crippen LogP contribution in [-0.2, 0) is 15.7 Å². The van der Waals surface area contributed by atoms with Crippen LogP contribution < -0.4 is 27.4 Å². The first kappa shape index (κ1) is 8.03. The van der Waals surface area contributed by atoms with Crippen molar-refractivity contribution in [1.82, 2.24) is 0 Å². The van der Waals surface area contributed by atoms with Gasteiger partial charge in [-0.1, -0.05) is 0 Å². The summed E-state index contributed by atoms with van der Waals surface area (Å²) in [6.45, 7) is 0. The number of anilines is 4. The van der Waals surface area contributed by atoms with Gasteiger partial charge in [0, 0.05) is 0 Å². The standard InChI is InChI=1S/C6H9N4.Co/c7-3-1-2-4(8)6(10)5(3)9;/h1H,7-10H2;. The molecule has 0 atom stereocenters. The van der Waals surface area contributed by atoms with Crippen molar-refractivity contribution in [1.29, 1.82) is 0 Å². The van der Waals surface area contributed by atoms with E-state index >= 15 is 0 Å². The van der Waals surface area contributed by atoms with E-state index in [1.165, 1.54) is 0 Å². The zero-order valence-electron chi connectivity index (χ0n) is 5.72. The van der Waals surface area contributed by atoms with Crippen molar-refractivity contribution in [3.63, 3.8) is 0 Å². The van der Waals surface area contributed by atoms with Gasteiger partial charge in [-0.05, 0) is 0 Å². The summed E-state index contributed by atoms with van der Waals surface area (Å²) >= 11 is 4.09. The quantitative estimate of drug-likeness (QED) is 0.407. The first-order chi connectivity index (χ1) is 5.04. The fourth-order valence-corrected chi connectivity index (χ4v) is 1.01. The molecule has 1 rings (SSSR count). The Morgan fingerprint density at radius 2 is 1.45 bits per heavy atom. The molecular formula is C6H9CoN4. The van der Waals surface area contributed by atoms with Gasteiger partial charge in [-0.3, -0.25) is 0 Å². The molecule has 1 aromatic carbocycles. The Bertz CT molecular complexity index is 271. The molecule has 0 heterocycles. The van der Waals surface area contributed by atoms with Crippen LogP contribution in [-0.4, -0.2) is 0 Å². The summed E-state index contributed by atoms with van der Waals surface area (Å²) in [6, 6.07) is 1.57. The third-order valence-corrected chi connectivity index (χ3v) is 1.84. The summed E-state index contributed by atoms with van der Waals surface area (Å²) in [5.41, 5.74) is 23.4. The van der Waals surface area contributed by atoms with Gasteiger partial charge < -0.3 is 0 Å². The van der Waals surface area contributed by atoms with Crippen molar-refractivity contribution in [2.24, 2.45) is 0 Å². The summed E-state index contributed by atoms with van der Waals surface area (Å²) in [6.07, 6.45) is 0. The van der Waals surface area contributed by atoms with Crippen molar-refractivity contribution < 1.29 is 15.7 Å². The predicted octanol–water partition coefficient (Wildman–Crippen LogP) is -0.812. The van der Waals surface area contributed by atoms with Crippen LogP contribution in [0.4, 0.5) is 22.7 Å². The monoisotopic (exact) mass is 196 g/mol. The molecule has 0 aliphatic carbocycles. The maximum absolute atomic E-state index is 5.51. The third kappa shape index (κ3) is 1.20. The topological polar surface area (TPSA) is 104 Å². The molecule has 62 valence electrons. The Morgan fingerprint density at radius 1 is 0.909 bits per heavy atom. The van der Waals surface area contributed by atoms with Crippen LogP contribution in [0.5, 0.6) is 0 Å². The molecule has 11 heavy (non-hydrogen) atoms. The molecule has 0 fully saturated rings. The van der Waals surface area contributed by atoms with Gasteiger partial charge in [-0.2, -0.15) is 0 Å². The molecule has 0 spiro atoms. The second kappa shape index (κ2) is 2.52. The Morgan fingerprint density at radius 3 is 2.00 bits per heavy atom. The molecule has 1 aromatic rings. The maximum atomic E-state index is 5.51. The first-order valence-corrected chi connectivity index (χ1v) is 3.42. The summed E-state index contributed by atoms with van der Waals surface area (Å²) in [5, 5.41) is 0. The molecule has 0 aliphatic rings. The number of nitrogens with two attached hydrogens (primary N) is 4. The van der Waals surface area contributed by atoms with E-state index in [1.54, 1.807) is 6.07 Å². The second-order valence-corrected chi connectivity index (χ2v) is 2.73. The molecular weight excluding hydrogens is 187 g/mol. The molecule has 0 radical (unpaired) electrons. The number of hydrogen-bond donors (Lipinski definition) is 4. The molecule has 8 N–H and O–H groups in total. The number of benzene rings is 1. The minimum atomic E-state index is 0.299. The molecule has 4 nitrogen and oxygen atoms in total. The van der Waals surface area contributed by atoms with Crippen molar-refractivity contribution in [2.75, 3.05) is 22.9 Å². The number of rotatable bonds is 0. The summed E-state index contributed by atoms with van der Waals surface area (Å²) in [5.74, 6) is 0. The summed E-state index contributed by atoms with van der Waals surface area (Å²) in [7, 11) is 0. The van der Waals surface area contributed by atoms with E-state index in [0.717, 1.165) is 0 Å². The van der Waals surface area contributed by atoms with Crippen molar-refractivity contribution in [3.05, 3.63) is 6.07 Å². The van der Waals surface area contributed by atoms with E-state index in [4.69, 9.17) is 22.9 Å². The van der Waals surface area contributed by atoms with Gasteiger partial charge in [-0.25, -0.2) is 0 Å². The van der Waals surface area contributed by atoms with E-state index in [-0.39, 0.29) is 0 Å². The second-order valence-electron chi connectivity index (χ2n) is 2.16. The van der Waals surface area contributed by atoms with Crippen molar-refractivity contribution >= 4 is 27.2 Å². The summed E-state index contributed by atoms with van der Waals surface area (Å²) < 4.78 is 0.543. The fraction of sp³-hybridized carbons (Fsp3) is 0. The zero-order valence-corrected chi connectivity index (χ0v) is 6.76. The van der Waals surface area contributed by atoms with E-state index in [9.17, 15) is 0 Å². The Labute approximate surface area is 72.5 Å². The van der Waals surface area contributed by atoms with Crippen LogP contribution >= 0.6 is 0 Å². The van der Waals surface area contributed by atoms with Gasteiger partial charge in [0.1, 0.15) is 0 Å². The molecule has 0 aromatic heterocycles. The van der Waals surface area contributed by atoms with Crippen LogP contribution in [0.15, 0.2) is 6.07 Å². The Balaban J connectivity index is 3.46. The van der Waals surface area contributed by atoms with Crippen LogP contribution in [0, 0.1) is 0 Å². The number of nitrogen functional groups attached to an aromatic ring is 4. The van der Waals surface area contributed by atoms with Crippen molar-refractivity contribution in [2.45, 2.75) is 0 Å². The van der Waals surface area contributed by atoms with Gasteiger partial charge in [-0.15, -0.1) is 0 Å². The molecule has 0 amide bonds.